The predicted molar refractivity (Wildman–Crippen MR) is 89.8 cm³/mol. The smallest absolute Gasteiger partial charge is 0.339 e. The van der Waals surface area contributed by atoms with Crippen LogP contribution in [0.15, 0.2) is 34.7 Å². The molecule has 1 amide bonds. The molecule has 0 atom stereocenters. The summed E-state index contributed by atoms with van der Waals surface area (Å²) in [5, 5.41) is 11.8. The zero-order chi connectivity index (χ0) is 17.5. The van der Waals surface area contributed by atoms with Gasteiger partial charge < -0.3 is 19.6 Å². The van der Waals surface area contributed by atoms with Crippen molar-refractivity contribution in [3.63, 3.8) is 0 Å². The van der Waals surface area contributed by atoms with Crippen LogP contribution in [0.3, 0.4) is 0 Å². The minimum atomic E-state index is -1.11. The number of hydrogen-bond donors (Lipinski definition) is 2. The Kier molecular flexibility index (Phi) is 6.01. The second-order valence-corrected chi connectivity index (χ2v) is 5.29. The summed E-state index contributed by atoms with van der Waals surface area (Å²) in [6, 6.07) is 8.29. The number of amides is 1. The first-order chi connectivity index (χ1) is 11.5. The number of nitrogens with one attached hydrogen (secondary N) is 1. The number of anilines is 1. The molecule has 0 aliphatic heterocycles. The van der Waals surface area contributed by atoms with E-state index in [-0.39, 0.29) is 17.1 Å². The van der Waals surface area contributed by atoms with Crippen molar-refractivity contribution in [2.45, 2.75) is 33.1 Å². The third-order valence-electron chi connectivity index (χ3n) is 3.44. The van der Waals surface area contributed by atoms with Crippen molar-refractivity contribution >= 4 is 17.6 Å². The number of furan rings is 1. The number of unbranched alkanes of at least 4 members (excludes halogenated alkanes) is 1. The minimum Gasteiger partial charge on any atom is -0.494 e. The Bertz CT molecular complexity index is 720. The number of aryl methyl sites for hydroxylation is 1. The number of hydrogen-bond acceptors (Lipinski definition) is 4. The molecule has 128 valence electrons. The summed E-state index contributed by atoms with van der Waals surface area (Å²) in [6.45, 7) is 4.47. The predicted octanol–water partition coefficient (Wildman–Crippen LogP) is 3.97. The molecule has 6 nitrogen and oxygen atoms in total. The van der Waals surface area contributed by atoms with Crippen LogP contribution in [0, 0.1) is 0 Å². The molecular formula is C18H21NO5. The van der Waals surface area contributed by atoms with Crippen LogP contribution in [0.25, 0.3) is 0 Å². The molecule has 2 N–H and O–H groups in total. The van der Waals surface area contributed by atoms with Gasteiger partial charge in [-0.3, -0.25) is 4.79 Å². The van der Waals surface area contributed by atoms with Gasteiger partial charge in [0.25, 0.3) is 5.91 Å². The van der Waals surface area contributed by atoms with E-state index in [0.717, 1.165) is 12.8 Å². The lowest BCUT2D eigenvalue weighted by atomic mass is 10.2. The summed E-state index contributed by atoms with van der Waals surface area (Å²) < 4.78 is 10.9. The Hall–Kier alpha value is -2.76. The van der Waals surface area contributed by atoms with Crippen LogP contribution >= 0.6 is 0 Å². The van der Waals surface area contributed by atoms with Gasteiger partial charge in [-0.2, -0.15) is 0 Å². The van der Waals surface area contributed by atoms with Gasteiger partial charge in [0.1, 0.15) is 17.1 Å². The van der Waals surface area contributed by atoms with E-state index >= 15 is 0 Å². The maximum absolute atomic E-state index is 12.3. The number of carboxylic acid groups (broad SMARTS) is 1. The van der Waals surface area contributed by atoms with Crippen LogP contribution in [-0.4, -0.2) is 23.6 Å². The van der Waals surface area contributed by atoms with Gasteiger partial charge in [0.15, 0.2) is 5.76 Å². The van der Waals surface area contributed by atoms with Crippen molar-refractivity contribution in [2.24, 2.45) is 0 Å². The van der Waals surface area contributed by atoms with Crippen molar-refractivity contribution in [3.05, 3.63) is 47.4 Å². The molecule has 0 fully saturated rings. The molecule has 2 rings (SSSR count). The van der Waals surface area contributed by atoms with E-state index in [1.165, 1.54) is 6.07 Å². The quantitative estimate of drug-likeness (QED) is 0.714. The average Bonchev–Trinajstić information content (AvgIpc) is 3.00. The molecule has 6 heteroatoms. The Morgan fingerprint density at radius 2 is 2.04 bits per heavy atom. The molecule has 1 aromatic heterocycles. The van der Waals surface area contributed by atoms with Crippen molar-refractivity contribution < 1.29 is 23.8 Å². The number of benzene rings is 1. The maximum Gasteiger partial charge on any atom is 0.339 e. The highest BCUT2D eigenvalue weighted by Crippen LogP contribution is 2.21. The topological polar surface area (TPSA) is 88.8 Å². The molecule has 0 spiro atoms. The fourth-order valence-electron chi connectivity index (χ4n) is 2.17. The lowest BCUT2D eigenvalue weighted by molar-refractivity contribution is 0.0694. The van der Waals surface area contributed by atoms with Gasteiger partial charge in [0.05, 0.1) is 6.61 Å². The van der Waals surface area contributed by atoms with Crippen LogP contribution in [0.5, 0.6) is 5.75 Å². The number of ether oxygens (including phenoxy) is 1. The normalized spacial score (nSPS) is 10.4. The number of carbonyl (C=O) groups excluding carboxylic acids is 1. The Morgan fingerprint density at radius 3 is 2.67 bits per heavy atom. The van der Waals surface area contributed by atoms with Gasteiger partial charge in [0, 0.05) is 24.2 Å². The molecule has 1 aromatic carbocycles. The molecule has 0 bridgehead atoms. The highest BCUT2D eigenvalue weighted by Gasteiger charge is 2.20. The minimum absolute atomic E-state index is 0.0132. The molecule has 1 heterocycles. The highest BCUT2D eigenvalue weighted by molar-refractivity contribution is 6.04. The Morgan fingerprint density at radius 1 is 1.25 bits per heavy atom. The van der Waals surface area contributed by atoms with E-state index in [4.69, 9.17) is 14.3 Å². The average molecular weight is 331 g/mol. The summed E-state index contributed by atoms with van der Waals surface area (Å²) in [5.41, 5.74) is 0.569. The molecule has 0 saturated carbocycles. The summed E-state index contributed by atoms with van der Waals surface area (Å²) >= 11 is 0. The van der Waals surface area contributed by atoms with Gasteiger partial charge in [0.2, 0.25) is 0 Å². The number of rotatable bonds is 8. The Balaban J connectivity index is 2.09. The molecule has 0 aliphatic rings. The van der Waals surface area contributed by atoms with Gasteiger partial charge >= 0.3 is 5.97 Å². The van der Waals surface area contributed by atoms with Gasteiger partial charge in [-0.25, -0.2) is 4.79 Å². The molecule has 0 saturated heterocycles. The third kappa shape index (κ3) is 4.38. The van der Waals surface area contributed by atoms with E-state index in [1.54, 1.807) is 25.1 Å². The fraction of sp³-hybridized carbons (Fsp3) is 0.333. The summed E-state index contributed by atoms with van der Waals surface area (Å²) in [6.07, 6.45) is 2.40. The Labute approximate surface area is 140 Å². The molecule has 24 heavy (non-hydrogen) atoms. The zero-order valence-electron chi connectivity index (χ0n) is 13.8. The SMILES string of the molecule is CCCCOc1cccc(NC(=O)c2cc(C(=O)O)c(CC)o2)c1. The summed E-state index contributed by atoms with van der Waals surface area (Å²) in [4.78, 5) is 23.4. The molecule has 0 radical (unpaired) electrons. The summed E-state index contributed by atoms with van der Waals surface area (Å²) in [5.74, 6) is -0.684. The van der Waals surface area contributed by atoms with Crippen LogP contribution in [-0.2, 0) is 6.42 Å². The van der Waals surface area contributed by atoms with Gasteiger partial charge in [-0.05, 0) is 18.6 Å². The third-order valence-corrected chi connectivity index (χ3v) is 3.44. The van der Waals surface area contributed by atoms with Crippen LogP contribution in [0.4, 0.5) is 5.69 Å². The van der Waals surface area contributed by atoms with E-state index in [9.17, 15) is 9.59 Å². The van der Waals surface area contributed by atoms with Crippen molar-refractivity contribution in [1.82, 2.24) is 0 Å². The standard InChI is InChI=1S/C18H21NO5/c1-3-5-9-23-13-8-6-7-12(10-13)19-17(20)16-11-14(18(21)22)15(4-2)24-16/h6-8,10-11H,3-5,9H2,1-2H3,(H,19,20)(H,21,22). The number of aromatic carboxylic acids is 1. The molecular weight excluding hydrogens is 310 g/mol. The second kappa shape index (κ2) is 8.19. The maximum atomic E-state index is 12.3. The second-order valence-electron chi connectivity index (χ2n) is 5.29. The monoisotopic (exact) mass is 331 g/mol. The van der Waals surface area contributed by atoms with Crippen LogP contribution < -0.4 is 10.1 Å². The van der Waals surface area contributed by atoms with Crippen molar-refractivity contribution in [3.8, 4) is 5.75 Å². The largest absolute Gasteiger partial charge is 0.494 e. The van der Waals surface area contributed by atoms with Crippen molar-refractivity contribution in [2.75, 3.05) is 11.9 Å². The lowest BCUT2D eigenvalue weighted by Gasteiger charge is -2.08. The van der Waals surface area contributed by atoms with Crippen molar-refractivity contribution in [1.29, 1.82) is 0 Å². The van der Waals surface area contributed by atoms with E-state index in [0.29, 0.717) is 24.5 Å². The zero-order valence-corrected chi connectivity index (χ0v) is 13.8. The molecule has 0 aliphatic carbocycles. The first kappa shape index (κ1) is 17.6. The number of carbonyl (C=O) groups is 2. The van der Waals surface area contributed by atoms with E-state index in [1.807, 2.05) is 6.07 Å². The van der Waals surface area contributed by atoms with Crippen LogP contribution in [0.2, 0.25) is 0 Å². The summed E-state index contributed by atoms with van der Waals surface area (Å²) in [7, 11) is 0. The molecule has 2 aromatic rings. The van der Waals surface area contributed by atoms with Crippen LogP contribution in [0.1, 0.15) is 53.4 Å². The molecule has 0 unspecified atom stereocenters. The number of carboxylic acids is 1. The van der Waals surface area contributed by atoms with Gasteiger partial charge in [-0.1, -0.05) is 26.3 Å². The van der Waals surface area contributed by atoms with Gasteiger partial charge in [-0.15, -0.1) is 0 Å². The lowest BCUT2D eigenvalue weighted by Crippen LogP contribution is -2.11. The first-order valence-corrected chi connectivity index (χ1v) is 7.95. The fourth-order valence-corrected chi connectivity index (χ4v) is 2.17. The highest BCUT2D eigenvalue weighted by atomic mass is 16.5. The first-order valence-electron chi connectivity index (χ1n) is 7.95. The van der Waals surface area contributed by atoms with E-state index < -0.39 is 11.9 Å². The van der Waals surface area contributed by atoms with E-state index in [2.05, 4.69) is 12.2 Å².